The molecule has 0 radical (unpaired) electrons. The predicted octanol–water partition coefficient (Wildman–Crippen LogP) is 3.98. The lowest BCUT2D eigenvalue weighted by Gasteiger charge is -2.16. The Morgan fingerprint density at radius 2 is 1.85 bits per heavy atom. The Morgan fingerprint density at radius 3 is 2.55 bits per heavy atom. The third-order valence-electron chi connectivity index (χ3n) is 3.59. The molecule has 0 aliphatic carbocycles. The molecule has 20 heavy (non-hydrogen) atoms. The van der Waals surface area contributed by atoms with Crippen LogP contribution in [0.4, 0.5) is 0 Å². The van der Waals surface area contributed by atoms with E-state index in [0.29, 0.717) is 5.75 Å². The summed E-state index contributed by atoms with van der Waals surface area (Å²) < 4.78 is 0. The second kappa shape index (κ2) is 7.11. The quantitative estimate of drug-likeness (QED) is 0.777. The predicted molar refractivity (Wildman–Crippen MR) is 84.0 cm³/mol. The normalized spacial score (nSPS) is 12.3. The smallest absolute Gasteiger partial charge is 0.120 e. The van der Waals surface area contributed by atoms with E-state index in [1.54, 1.807) is 0 Å². The standard InChI is InChI=1S/C18H23NO/c1-14-10-11-17(18(20)13-14)15(2)19-12-6-9-16-7-4-3-5-8-16/h3-5,7-8,10-11,13,15,19-20H,6,9,12H2,1-2H3. The highest BCUT2D eigenvalue weighted by Crippen LogP contribution is 2.24. The van der Waals surface area contributed by atoms with E-state index < -0.39 is 0 Å². The molecule has 2 aromatic carbocycles. The van der Waals surface area contributed by atoms with Gasteiger partial charge in [0, 0.05) is 11.6 Å². The first-order valence-corrected chi connectivity index (χ1v) is 7.23. The maximum Gasteiger partial charge on any atom is 0.120 e. The Morgan fingerprint density at radius 1 is 1.10 bits per heavy atom. The van der Waals surface area contributed by atoms with Crippen LogP contribution in [-0.2, 0) is 6.42 Å². The Labute approximate surface area is 121 Å². The molecule has 0 bridgehead atoms. The lowest BCUT2D eigenvalue weighted by molar-refractivity contribution is 0.451. The van der Waals surface area contributed by atoms with Crippen LogP contribution in [0.15, 0.2) is 48.5 Å². The van der Waals surface area contributed by atoms with Crippen molar-refractivity contribution in [3.63, 3.8) is 0 Å². The SMILES string of the molecule is Cc1ccc(C(C)NCCCc2ccccc2)c(O)c1. The van der Waals surface area contributed by atoms with E-state index >= 15 is 0 Å². The van der Waals surface area contributed by atoms with Crippen LogP contribution in [0, 0.1) is 6.92 Å². The summed E-state index contributed by atoms with van der Waals surface area (Å²) in [6.07, 6.45) is 2.18. The molecule has 0 aliphatic heterocycles. The van der Waals surface area contributed by atoms with Gasteiger partial charge in [0.15, 0.2) is 0 Å². The average Bonchev–Trinajstić information content (AvgIpc) is 2.44. The molecule has 0 heterocycles. The fourth-order valence-electron chi connectivity index (χ4n) is 2.39. The second-order valence-electron chi connectivity index (χ2n) is 5.33. The van der Waals surface area contributed by atoms with Crippen molar-refractivity contribution in [3.05, 3.63) is 65.2 Å². The van der Waals surface area contributed by atoms with Gasteiger partial charge in [-0.2, -0.15) is 0 Å². The van der Waals surface area contributed by atoms with Crippen molar-refractivity contribution in [3.8, 4) is 5.75 Å². The molecule has 1 unspecified atom stereocenters. The molecule has 2 aromatic rings. The van der Waals surface area contributed by atoms with Crippen LogP contribution in [0.1, 0.15) is 36.1 Å². The number of hydrogen-bond donors (Lipinski definition) is 2. The average molecular weight is 269 g/mol. The van der Waals surface area contributed by atoms with Crippen LogP contribution in [-0.4, -0.2) is 11.7 Å². The summed E-state index contributed by atoms with van der Waals surface area (Å²) in [6.45, 7) is 5.03. The topological polar surface area (TPSA) is 32.3 Å². The summed E-state index contributed by atoms with van der Waals surface area (Å²) in [7, 11) is 0. The fraction of sp³-hybridized carbons (Fsp3) is 0.333. The molecule has 106 valence electrons. The van der Waals surface area contributed by atoms with Crippen LogP contribution < -0.4 is 5.32 Å². The molecule has 0 spiro atoms. The van der Waals surface area contributed by atoms with E-state index in [1.807, 2.05) is 31.2 Å². The zero-order chi connectivity index (χ0) is 14.4. The van der Waals surface area contributed by atoms with Crippen molar-refractivity contribution >= 4 is 0 Å². The van der Waals surface area contributed by atoms with E-state index in [0.717, 1.165) is 30.5 Å². The monoisotopic (exact) mass is 269 g/mol. The minimum atomic E-state index is 0.173. The summed E-state index contributed by atoms with van der Waals surface area (Å²) in [6, 6.07) is 16.6. The number of nitrogens with one attached hydrogen (secondary N) is 1. The Bertz CT molecular complexity index is 536. The summed E-state index contributed by atoms with van der Waals surface area (Å²) in [5.74, 6) is 0.382. The molecule has 0 aromatic heterocycles. The first-order chi connectivity index (χ1) is 9.66. The van der Waals surface area contributed by atoms with Gasteiger partial charge in [0.05, 0.1) is 0 Å². The van der Waals surface area contributed by atoms with Gasteiger partial charge >= 0.3 is 0 Å². The van der Waals surface area contributed by atoms with Crippen LogP contribution in [0.3, 0.4) is 0 Å². The zero-order valence-electron chi connectivity index (χ0n) is 12.3. The van der Waals surface area contributed by atoms with Crippen molar-refractivity contribution < 1.29 is 5.11 Å². The van der Waals surface area contributed by atoms with E-state index in [-0.39, 0.29) is 6.04 Å². The minimum Gasteiger partial charge on any atom is -0.508 e. The molecule has 0 saturated heterocycles. The van der Waals surface area contributed by atoms with Crippen LogP contribution in [0.5, 0.6) is 5.75 Å². The number of benzene rings is 2. The first kappa shape index (κ1) is 14.6. The molecule has 2 rings (SSSR count). The van der Waals surface area contributed by atoms with E-state index in [4.69, 9.17) is 0 Å². The largest absolute Gasteiger partial charge is 0.508 e. The molecule has 2 nitrogen and oxygen atoms in total. The minimum absolute atomic E-state index is 0.173. The molecule has 0 fully saturated rings. The molecule has 0 amide bonds. The van der Waals surface area contributed by atoms with Gasteiger partial charge in [0.1, 0.15) is 5.75 Å². The highest BCUT2D eigenvalue weighted by molar-refractivity contribution is 5.37. The highest BCUT2D eigenvalue weighted by Gasteiger charge is 2.09. The van der Waals surface area contributed by atoms with Crippen LogP contribution in [0.25, 0.3) is 0 Å². The van der Waals surface area contributed by atoms with Gasteiger partial charge < -0.3 is 10.4 Å². The van der Waals surface area contributed by atoms with Crippen molar-refractivity contribution in [1.82, 2.24) is 5.32 Å². The number of aryl methyl sites for hydroxylation is 2. The Balaban J connectivity index is 1.79. The van der Waals surface area contributed by atoms with Crippen molar-refractivity contribution in [2.24, 2.45) is 0 Å². The van der Waals surface area contributed by atoms with Gasteiger partial charge in [-0.15, -0.1) is 0 Å². The molecule has 0 saturated carbocycles. The van der Waals surface area contributed by atoms with Gasteiger partial charge in [0.25, 0.3) is 0 Å². The maximum atomic E-state index is 9.96. The van der Waals surface area contributed by atoms with Gasteiger partial charge in [-0.25, -0.2) is 0 Å². The third-order valence-corrected chi connectivity index (χ3v) is 3.59. The third kappa shape index (κ3) is 4.10. The lowest BCUT2D eigenvalue weighted by atomic mass is 10.0. The van der Waals surface area contributed by atoms with E-state index in [9.17, 15) is 5.11 Å². The van der Waals surface area contributed by atoms with Crippen molar-refractivity contribution in [1.29, 1.82) is 0 Å². The van der Waals surface area contributed by atoms with Crippen LogP contribution in [0.2, 0.25) is 0 Å². The van der Waals surface area contributed by atoms with E-state index in [2.05, 4.69) is 36.5 Å². The summed E-state index contributed by atoms with van der Waals surface area (Å²) in [4.78, 5) is 0. The molecule has 2 N–H and O–H groups in total. The summed E-state index contributed by atoms with van der Waals surface area (Å²) >= 11 is 0. The first-order valence-electron chi connectivity index (χ1n) is 7.23. The number of phenols is 1. The fourth-order valence-corrected chi connectivity index (χ4v) is 2.39. The zero-order valence-corrected chi connectivity index (χ0v) is 12.3. The lowest BCUT2D eigenvalue weighted by Crippen LogP contribution is -2.20. The number of phenolic OH excluding ortho intramolecular Hbond substituents is 1. The molecule has 2 heteroatoms. The van der Waals surface area contributed by atoms with Crippen molar-refractivity contribution in [2.75, 3.05) is 6.54 Å². The van der Waals surface area contributed by atoms with Gasteiger partial charge in [0.2, 0.25) is 0 Å². The highest BCUT2D eigenvalue weighted by atomic mass is 16.3. The van der Waals surface area contributed by atoms with Gasteiger partial charge in [-0.3, -0.25) is 0 Å². The summed E-state index contributed by atoms with van der Waals surface area (Å²) in [5, 5.41) is 13.4. The van der Waals surface area contributed by atoms with Gasteiger partial charge in [-0.05, 0) is 50.4 Å². The Hall–Kier alpha value is -1.80. The number of hydrogen-bond acceptors (Lipinski definition) is 2. The molecule has 1 atom stereocenters. The van der Waals surface area contributed by atoms with Crippen molar-refractivity contribution in [2.45, 2.75) is 32.7 Å². The second-order valence-corrected chi connectivity index (χ2v) is 5.33. The number of rotatable bonds is 6. The Kier molecular flexibility index (Phi) is 5.19. The summed E-state index contributed by atoms with van der Waals surface area (Å²) in [5.41, 5.74) is 3.43. The van der Waals surface area contributed by atoms with E-state index in [1.165, 1.54) is 5.56 Å². The van der Waals surface area contributed by atoms with Gasteiger partial charge in [-0.1, -0.05) is 42.5 Å². The number of aromatic hydroxyl groups is 1. The van der Waals surface area contributed by atoms with Crippen LogP contribution >= 0.6 is 0 Å². The molecular weight excluding hydrogens is 246 g/mol. The maximum absolute atomic E-state index is 9.96. The molecule has 0 aliphatic rings. The molecular formula is C18H23NO.